The molecule has 1 aliphatic rings. The minimum atomic E-state index is 0.494. The van der Waals surface area contributed by atoms with Crippen molar-refractivity contribution in [3.63, 3.8) is 0 Å². The molecule has 1 aliphatic heterocycles. The number of imidazole rings is 1. The second-order valence-electron chi connectivity index (χ2n) is 5.54. The highest BCUT2D eigenvalue weighted by Crippen LogP contribution is 2.34. The van der Waals surface area contributed by atoms with Crippen molar-refractivity contribution in [2.45, 2.75) is 6.73 Å². The first-order valence-electron chi connectivity index (χ1n) is 7.60. The van der Waals surface area contributed by atoms with E-state index in [1.807, 2.05) is 48.7 Å². The molecule has 2 aromatic heterocycles. The first-order chi connectivity index (χ1) is 11.4. The Bertz CT molecular complexity index is 1020. The van der Waals surface area contributed by atoms with E-state index in [0.29, 0.717) is 6.73 Å². The molecule has 4 heteroatoms. The van der Waals surface area contributed by atoms with Gasteiger partial charge in [-0.25, -0.2) is 4.98 Å². The quantitative estimate of drug-likeness (QED) is 0.505. The maximum Gasteiger partial charge on any atom is 0.303 e. The van der Waals surface area contributed by atoms with Crippen LogP contribution >= 0.6 is 0 Å². The SMILES string of the molecule is c1ccc(-n2c3[n+](c4cccnc42)COc2ccccc2-3)cc1. The maximum absolute atomic E-state index is 5.93. The molecule has 2 aromatic carbocycles. The van der Waals surface area contributed by atoms with Crippen LogP contribution in [0.1, 0.15) is 0 Å². The van der Waals surface area contributed by atoms with Crippen LogP contribution in [-0.4, -0.2) is 9.55 Å². The summed E-state index contributed by atoms with van der Waals surface area (Å²) in [6.07, 6.45) is 1.83. The molecule has 4 nitrogen and oxygen atoms in total. The van der Waals surface area contributed by atoms with E-state index in [2.05, 4.69) is 38.4 Å². The summed E-state index contributed by atoms with van der Waals surface area (Å²) in [5, 5.41) is 0. The lowest BCUT2D eigenvalue weighted by Crippen LogP contribution is -2.41. The fourth-order valence-electron chi connectivity index (χ4n) is 3.24. The molecule has 5 rings (SSSR count). The molecule has 0 saturated heterocycles. The van der Waals surface area contributed by atoms with E-state index in [1.54, 1.807) is 0 Å². The van der Waals surface area contributed by atoms with Crippen LogP contribution in [-0.2, 0) is 6.73 Å². The van der Waals surface area contributed by atoms with Crippen LogP contribution in [0.3, 0.4) is 0 Å². The fraction of sp³-hybridized carbons (Fsp3) is 0.0526. The van der Waals surface area contributed by atoms with Gasteiger partial charge >= 0.3 is 5.82 Å². The summed E-state index contributed by atoms with van der Waals surface area (Å²) in [7, 11) is 0. The molecule has 0 amide bonds. The Morgan fingerprint density at radius 1 is 0.913 bits per heavy atom. The van der Waals surface area contributed by atoms with Gasteiger partial charge < -0.3 is 4.74 Å². The third-order valence-electron chi connectivity index (χ3n) is 4.23. The molecule has 0 bridgehead atoms. The molecule has 0 aliphatic carbocycles. The van der Waals surface area contributed by atoms with Gasteiger partial charge in [0.15, 0.2) is 5.52 Å². The average Bonchev–Trinajstić information content (AvgIpc) is 2.97. The molecule has 0 unspecified atom stereocenters. The van der Waals surface area contributed by atoms with Crippen LogP contribution in [0.5, 0.6) is 5.75 Å². The van der Waals surface area contributed by atoms with Gasteiger partial charge in [0.2, 0.25) is 6.73 Å². The van der Waals surface area contributed by atoms with Crippen molar-refractivity contribution >= 4 is 11.2 Å². The van der Waals surface area contributed by atoms with Crippen LogP contribution in [0.15, 0.2) is 72.9 Å². The molecular formula is C19H14N3O+. The number of ether oxygens (including phenoxy) is 1. The van der Waals surface area contributed by atoms with Gasteiger partial charge in [-0.3, -0.25) is 0 Å². The number of fused-ring (bicyclic) bond motifs is 5. The summed E-state index contributed by atoms with van der Waals surface area (Å²) in [5.74, 6) is 2.01. The number of aromatic nitrogens is 3. The van der Waals surface area contributed by atoms with Gasteiger partial charge in [-0.15, -0.1) is 0 Å². The largest absolute Gasteiger partial charge is 0.453 e. The summed E-state index contributed by atoms with van der Waals surface area (Å²) >= 11 is 0. The Morgan fingerprint density at radius 3 is 2.65 bits per heavy atom. The lowest BCUT2D eigenvalue weighted by molar-refractivity contribution is -0.693. The molecule has 0 radical (unpaired) electrons. The highest BCUT2D eigenvalue weighted by Gasteiger charge is 2.33. The Balaban J connectivity index is 1.95. The third kappa shape index (κ3) is 1.72. The zero-order chi connectivity index (χ0) is 15.2. The number of para-hydroxylation sites is 2. The molecule has 23 heavy (non-hydrogen) atoms. The summed E-state index contributed by atoms with van der Waals surface area (Å²) in [6, 6.07) is 22.5. The van der Waals surface area contributed by atoms with Gasteiger partial charge in [0.1, 0.15) is 17.0 Å². The molecule has 110 valence electrons. The van der Waals surface area contributed by atoms with Gasteiger partial charge in [-0.2, -0.15) is 9.13 Å². The Hall–Kier alpha value is -3.14. The molecule has 0 N–H and O–H groups in total. The smallest absolute Gasteiger partial charge is 0.303 e. The van der Waals surface area contributed by atoms with Gasteiger partial charge in [0.05, 0.1) is 0 Å². The van der Waals surface area contributed by atoms with Gasteiger partial charge in [-0.05, 0) is 36.4 Å². The van der Waals surface area contributed by atoms with Crippen LogP contribution in [0, 0.1) is 0 Å². The van der Waals surface area contributed by atoms with Gasteiger partial charge in [-0.1, -0.05) is 30.3 Å². The van der Waals surface area contributed by atoms with E-state index in [4.69, 9.17) is 4.74 Å². The highest BCUT2D eigenvalue weighted by molar-refractivity contribution is 5.77. The van der Waals surface area contributed by atoms with Crippen LogP contribution in [0.25, 0.3) is 28.2 Å². The van der Waals surface area contributed by atoms with E-state index in [-0.39, 0.29) is 0 Å². The van der Waals surface area contributed by atoms with Crippen LogP contribution < -0.4 is 9.30 Å². The number of rotatable bonds is 1. The predicted molar refractivity (Wildman–Crippen MR) is 87.3 cm³/mol. The number of hydrogen-bond acceptors (Lipinski definition) is 2. The van der Waals surface area contributed by atoms with Gasteiger partial charge in [0.25, 0.3) is 5.65 Å². The minimum Gasteiger partial charge on any atom is -0.453 e. The molecule has 0 fully saturated rings. The lowest BCUT2D eigenvalue weighted by atomic mass is 10.1. The normalized spacial score (nSPS) is 12.5. The first kappa shape index (κ1) is 12.4. The second-order valence-corrected chi connectivity index (χ2v) is 5.54. The number of benzene rings is 2. The van der Waals surface area contributed by atoms with Crippen molar-refractivity contribution in [2.24, 2.45) is 0 Å². The second kappa shape index (κ2) is 4.68. The zero-order valence-electron chi connectivity index (χ0n) is 12.4. The lowest BCUT2D eigenvalue weighted by Gasteiger charge is -2.15. The van der Waals surface area contributed by atoms with Crippen LogP contribution in [0.2, 0.25) is 0 Å². The Kier molecular flexibility index (Phi) is 2.52. The Morgan fingerprint density at radius 2 is 1.74 bits per heavy atom. The van der Waals surface area contributed by atoms with Crippen LogP contribution in [0.4, 0.5) is 0 Å². The fourth-order valence-corrected chi connectivity index (χ4v) is 3.24. The number of hydrogen-bond donors (Lipinski definition) is 0. The summed E-state index contributed by atoms with van der Waals surface area (Å²) in [4.78, 5) is 4.62. The molecular weight excluding hydrogens is 286 g/mol. The highest BCUT2D eigenvalue weighted by atomic mass is 16.5. The summed E-state index contributed by atoms with van der Waals surface area (Å²) in [5.41, 5.74) is 4.19. The summed E-state index contributed by atoms with van der Waals surface area (Å²) < 4.78 is 10.3. The van der Waals surface area contributed by atoms with E-state index in [9.17, 15) is 0 Å². The molecule has 3 heterocycles. The first-order valence-corrected chi connectivity index (χ1v) is 7.60. The van der Waals surface area contributed by atoms with E-state index in [0.717, 1.165) is 34.0 Å². The molecule has 4 aromatic rings. The molecule has 0 saturated carbocycles. The minimum absolute atomic E-state index is 0.494. The third-order valence-corrected chi connectivity index (χ3v) is 4.23. The van der Waals surface area contributed by atoms with E-state index < -0.39 is 0 Å². The monoisotopic (exact) mass is 300 g/mol. The topological polar surface area (TPSA) is 30.9 Å². The molecule has 0 spiro atoms. The molecule has 0 atom stereocenters. The van der Waals surface area contributed by atoms with Crippen molar-refractivity contribution in [3.8, 4) is 22.8 Å². The number of pyridine rings is 1. The van der Waals surface area contributed by atoms with Crippen molar-refractivity contribution in [2.75, 3.05) is 0 Å². The van der Waals surface area contributed by atoms with Crippen molar-refractivity contribution < 1.29 is 9.30 Å². The zero-order valence-corrected chi connectivity index (χ0v) is 12.4. The van der Waals surface area contributed by atoms with E-state index in [1.165, 1.54) is 0 Å². The standard InChI is InChI=1S/C19H14N3O/c1-2-7-14(8-3-1)22-18-16(10-6-12-20-18)21-13-23-17-11-5-4-9-15(17)19(21)22/h1-12H,13H2/q+1. The summed E-state index contributed by atoms with van der Waals surface area (Å²) in [6.45, 7) is 0.494. The Labute approximate surface area is 133 Å². The number of nitrogens with zero attached hydrogens (tertiary/aromatic N) is 3. The maximum atomic E-state index is 5.93. The average molecular weight is 300 g/mol. The van der Waals surface area contributed by atoms with Crippen molar-refractivity contribution in [3.05, 3.63) is 72.9 Å². The van der Waals surface area contributed by atoms with Gasteiger partial charge in [0, 0.05) is 6.20 Å². The van der Waals surface area contributed by atoms with E-state index >= 15 is 0 Å². The van der Waals surface area contributed by atoms with Crippen molar-refractivity contribution in [1.29, 1.82) is 0 Å². The predicted octanol–water partition coefficient (Wildman–Crippen LogP) is 3.33. The van der Waals surface area contributed by atoms with Crippen molar-refractivity contribution in [1.82, 2.24) is 9.55 Å².